The average Bonchev–Trinajstić information content (AvgIpc) is 2.82. The van der Waals surface area contributed by atoms with Gasteiger partial charge in [-0.2, -0.15) is 0 Å². The van der Waals surface area contributed by atoms with Crippen molar-refractivity contribution in [2.24, 2.45) is 10.7 Å². The van der Waals surface area contributed by atoms with E-state index in [1.54, 1.807) is 7.11 Å². The SMILES string of the molecule is COc1ccc(C(C)CCC2CN=C(N)N2)cc1. The molecular formula is C14H21N3O. The molecule has 18 heavy (non-hydrogen) atoms. The van der Waals surface area contributed by atoms with Crippen LogP contribution in [0.25, 0.3) is 0 Å². The number of rotatable bonds is 5. The summed E-state index contributed by atoms with van der Waals surface area (Å²) in [5.74, 6) is 2.03. The second-order valence-corrected chi connectivity index (χ2v) is 4.82. The highest BCUT2D eigenvalue weighted by molar-refractivity contribution is 5.79. The van der Waals surface area contributed by atoms with Gasteiger partial charge in [-0.15, -0.1) is 0 Å². The molecule has 0 radical (unpaired) electrons. The van der Waals surface area contributed by atoms with Crippen LogP contribution in [0.2, 0.25) is 0 Å². The van der Waals surface area contributed by atoms with E-state index in [1.165, 1.54) is 5.56 Å². The van der Waals surface area contributed by atoms with E-state index in [9.17, 15) is 0 Å². The van der Waals surface area contributed by atoms with E-state index in [-0.39, 0.29) is 0 Å². The lowest BCUT2D eigenvalue weighted by Gasteiger charge is -2.15. The maximum atomic E-state index is 5.60. The second kappa shape index (κ2) is 5.76. The molecular weight excluding hydrogens is 226 g/mol. The van der Waals surface area contributed by atoms with Gasteiger partial charge in [-0.05, 0) is 36.5 Å². The molecule has 0 aliphatic carbocycles. The first kappa shape index (κ1) is 12.7. The van der Waals surface area contributed by atoms with Gasteiger partial charge in [0.05, 0.1) is 13.7 Å². The number of hydrogen-bond acceptors (Lipinski definition) is 4. The van der Waals surface area contributed by atoms with Crippen molar-refractivity contribution >= 4 is 5.96 Å². The van der Waals surface area contributed by atoms with E-state index in [1.807, 2.05) is 12.1 Å². The van der Waals surface area contributed by atoms with Crippen LogP contribution in [0.1, 0.15) is 31.2 Å². The van der Waals surface area contributed by atoms with Crippen molar-refractivity contribution in [3.8, 4) is 5.75 Å². The first-order chi connectivity index (χ1) is 8.69. The van der Waals surface area contributed by atoms with Gasteiger partial charge in [0.2, 0.25) is 0 Å². The van der Waals surface area contributed by atoms with E-state index in [0.717, 1.165) is 25.1 Å². The monoisotopic (exact) mass is 247 g/mol. The van der Waals surface area contributed by atoms with Gasteiger partial charge in [-0.3, -0.25) is 4.99 Å². The predicted octanol–water partition coefficient (Wildman–Crippen LogP) is 1.87. The first-order valence-corrected chi connectivity index (χ1v) is 6.39. The van der Waals surface area contributed by atoms with Crippen LogP contribution in [-0.4, -0.2) is 25.7 Å². The number of nitrogens with one attached hydrogen (secondary N) is 1. The molecule has 98 valence electrons. The average molecular weight is 247 g/mol. The summed E-state index contributed by atoms with van der Waals surface area (Å²) in [6, 6.07) is 8.71. The number of methoxy groups -OCH3 is 1. The van der Waals surface area contributed by atoms with Gasteiger partial charge >= 0.3 is 0 Å². The molecule has 0 spiro atoms. The number of benzene rings is 1. The van der Waals surface area contributed by atoms with Crippen molar-refractivity contribution in [2.45, 2.75) is 31.7 Å². The zero-order chi connectivity index (χ0) is 13.0. The molecule has 1 aromatic rings. The summed E-state index contributed by atoms with van der Waals surface area (Å²) in [4.78, 5) is 4.16. The van der Waals surface area contributed by atoms with Gasteiger partial charge in [0.1, 0.15) is 5.75 Å². The van der Waals surface area contributed by atoms with Crippen molar-refractivity contribution in [1.29, 1.82) is 0 Å². The third-order valence-corrected chi connectivity index (χ3v) is 3.47. The van der Waals surface area contributed by atoms with Crippen molar-refractivity contribution in [1.82, 2.24) is 5.32 Å². The minimum absolute atomic E-state index is 0.408. The number of aliphatic imine (C=N–C) groups is 1. The van der Waals surface area contributed by atoms with Gasteiger partial charge in [0, 0.05) is 6.04 Å². The molecule has 1 aliphatic rings. The minimum Gasteiger partial charge on any atom is -0.497 e. The lowest BCUT2D eigenvalue weighted by atomic mass is 9.94. The Bertz CT molecular complexity index is 414. The Hall–Kier alpha value is -1.71. The number of guanidine groups is 1. The van der Waals surface area contributed by atoms with E-state index >= 15 is 0 Å². The largest absolute Gasteiger partial charge is 0.497 e. The van der Waals surface area contributed by atoms with Crippen LogP contribution >= 0.6 is 0 Å². The van der Waals surface area contributed by atoms with Crippen molar-refractivity contribution < 1.29 is 4.74 Å². The van der Waals surface area contributed by atoms with Crippen molar-refractivity contribution in [2.75, 3.05) is 13.7 Å². The molecule has 0 fully saturated rings. The lowest BCUT2D eigenvalue weighted by molar-refractivity contribution is 0.414. The molecule has 0 saturated heterocycles. The molecule has 0 aromatic heterocycles. The summed E-state index contributed by atoms with van der Waals surface area (Å²) in [5.41, 5.74) is 6.95. The maximum absolute atomic E-state index is 5.60. The summed E-state index contributed by atoms with van der Waals surface area (Å²) in [5, 5.41) is 3.19. The Morgan fingerprint density at radius 1 is 1.44 bits per heavy atom. The molecule has 2 unspecified atom stereocenters. The molecule has 0 saturated carbocycles. The third kappa shape index (κ3) is 3.15. The Balaban J connectivity index is 1.82. The number of nitrogens with zero attached hydrogens (tertiary/aromatic N) is 1. The van der Waals surface area contributed by atoms with Crippen molar-refractivity contribution in [3.05, 3.63) is 29.8 Å². The highest BCUT2D eigenvalue weighted by atomic mass is 16.5. The third-order valence-electron chi connectivity index (χ3n) is 3.47. The highest BCUT2D eigenvalue weighted by Gasteiger charge is 2.16. The van der Waals surface area contributed by atoms with E-state index in [0.29, 0.717) is 17.9 Å². The zero-order valence-electron chi connectivity index (χ0n) is 11.0. The molecule has 2 rings (SSSR count). The van der Waals surface area contributed by atoms with Gasteiger partial charge < -0.3 is 15.8 Å². The summed E-state index contributed by atoms with van der Waals surface area (Å²) in [6.07, 6.45) is 2.23. The van der Waals surface area contributed by atoms with Crippen molar-refractivity contribution in [3.63, 3.8) is 0 Å². The Kier molecular flexibility index (Phi) is 4.07. The molecule has 4 heteroatoms. The van der Waals surface area contributed by atoms with Crippen LogP contribution < -0.4 is 15.8 Å². The summed E-state index contributed by atoms with van der Waals surface area (Å²) in [7, 11) is 1.69. The van der Waals surface area contributed by atoms with Crippen LogP contribution in [0.5, 0.6) is 5.75 Å². The molecule has 1 heterocycles. The maximum Gasteiger partial charge on any atom is 0.188 e. The van der Waals surface area contributed by atoms with Crippen LogP contribution in [0.3, 0.4) is 0 Å². The fourth-order valence-electron chi connectivity index (χ4n) is 2.22. The van der Waals surface area contributed by atoms with Gasteiger partial charge in [0.15, 0.2) is 5.96 Å². The van der Waals surface area contributed by atoms with Gasteiger partial charge in [-0.25, -0.2) is 0 Å². The lowest BCUT2D eigenvalue weighted by Crippen LogP contribution is -2.34. The summed E-state index contributed by atoms with van der Waals surface area (Å²) >= 11 is 0. The molecule has 0 amide bonds. The predicted molar refractivity (Wildman–Crippen MR) is 74.1 cm³/mol. The van der Waals surface area contributed by atoms with Gasteiger partial charge in [0.25, 0.3) is 0 Å². The Morgan fingerprint density at radius 3 is 2.72 bits per heavy atom. The number of nitrogens with two attached hydrogens (primary N) is 1. The standard InChI is InChI=1S/C14H21N3O/c1-10(3-6-12-9-16-14(15)17-12)11-4-7-13(18-2)8-5-11/h4-5,7-8,10,12H,3,6,9H2,1-2H3,(H3,15,16,17). The van der Waals surface area contributed by atoms with Crippen LogP contribution in [0, 0.1) is 0 Å². The molecule has 0 bridgehead atoms. The number of ether oxygens (including phenoxy) is 1. The molecule has 1 aromatic carbocycles. The topological polar surface area (TPSA) is 59.6 Å². The minimum atomic E-state index is 0.408. The number of hydrogen-bond donors (Lipinski definition) is 2. The Morgan fingerprint density at radius 2 is 2.17 bits per heavy atom. The van der Waals surface area contributed by atoms with E-state index < -0.39 is 0 Å². The van der Waals surface area contributed by atoms with E-state index in [2.05, 4.69) is 29.4 Å². The zero-order valence-corrected chi connectivity index (χ0v) is 11.0. The normalized spacial score (nSPS) is 20.1. The first-order valence-electron chi connectivity index (χ1n) is 6.39. The molecule has 3 N–H and O–H groups in total. The fourth-order valence-corrected chi connectivity index (χ4v) is 2.22. The highest BCUT2D eigenvalue weighted by Crippen LogP contribution is 2.24. The fraction of sp³-hybridized carbons (Fsp3) is 0.500. The van der Waals surface area contributed by atoms with Gasteiger partial charge in [-0.1, -0.05) is 19.1 Å². The van der Waals surface area contributed by atoms with Crippen LogP contribution in [0.15, 0.2) is 29.3 Å². The molecule has 1 aliphatic heterocycles. The molecule has 4 nitrogen and oxygen atoms in total. The van der Waals surface area contributed by atoms with E-state index in [4.69, 9.17) is 10.5 Å². The second-order valence-electron chi connectivity index (χ2n) is 4.82. The van der Waals surface area contributed by atoms with Crippen LogP contribution in [0.4, 0.5) is 0 Å². The van der Waals surface area contributed by atoms with Crippen LogP contribution in [-0.2, 0) is 0 Å². The molecule has 2 atom stereocenters. The smallest absolute Gasteiger partial charge is 0.188 e. The summed E-state index contributed by atoms with van der Waals surface area (Å²) < 4.78 is 5.16. The quantitative estimate of drug-likeness (QED) is 0.835. The summed E-state index contributed by atoms with van der Waals surface area (Å²) in [6.45, 7) is 3.06. The Labute approximate surface area is 108 Å².